The third-order valence-electron chi connectivity index (χ3n) is 3.16. The normalized spacial score (nSPS) is 11.9. The molecule has 112 valence electrons. The maximum Gasteiger partial charge on any atom is 0.340 e. The molecule has 0 spiro atoms. The fourth-order valence-electron chi connectivity index (χ4n) is 1.99. The van der Waals surface area contributed by atoms with Crippen LogP contribution in [0.5, 0.6) is 5.75 Å². The Morgan fingerprint density at radius 1 is 1.48 bits per heavy atom. The van der Waals surface area contributed by atoms with Gasteiger partial charge in [0.05, 0.1) is 13.7 Å². The highest BCUT2D eigenvalue weighted by Crippen LogP contribution is 2.22. The molecule has 1 amide bonds. The van der Waals surface area contributed by atoms with Crippen LogP contribution in [0.1, 0.15) is 30.7 Å². The molecule has 7 heteroatoms. The Balaban J connectivity index is 1.87. The van der Waals surface area contributed by atoms with Crippen molar-refractivity contribution in [2.24, 2.45) is 0 Å². The topological polar surface area (TPSA) is 99.9 Å². The summed E-state index contributed by atoms with van der Waals surface area (Å²) in [4.78, 5) is 25.2. The van der Waals surface area contributed by atoms with Crippen LogP contribution in [-0.2, 0) is 11.3 Å². The number of hydrogen-bond acceptors (Lipinski definition) is 4. The zero-order valence-corrected chi connectivity index (χ0v) is 12.0. The van der Waals surface area contributed by atoms with Crippen LogP contribution in [0.2, 0.25) is 0 Å². The molecular formula is C14H18N4O3. The van der Waals surface area contributed by atoms with Gasteiger partial charge in [-0.2, -0.15) is 5.10 Å². The SMILES string of the molecule is COc1cccc([C@@H](C)CC(=O)NCc2n[nH]c(=O)[nH]2)c1. The lowest BCUT2D eigenvalue weighted by molar-refractivity contribution is -0.121. The Kier molecular flexibility index (Phi) is 4.76. The van der Waals surface area contributed by atoms with Gasteiger partial charge in [0.1, 0.15) is 11.6 Å². The van der Waals surface area contributed by atoms with Crippen LogP contribution >= 0.6 is 0 Å². The summed E-state index contributed by atoms with van der Waals surface area (Å²) in [5.74, 6) is 1.14. The van der Waals surface area contributed by atoms with Gasteiger partial charge in [0.25, 0.3) is 0 Å². The molecule has 1 atom stereocenters. The smallest absolute Gasteiger partial charge is 0.340 e. The Morgan fingerprint density at radius 2 is 2.29 bits per heavy atom. The summed E-state index contributed by atoms with van der Waals surface area (Å²) >= 11 is 0. The molecule has 0 unspecified atom stereocenters. The summed E-state index contributed by atoms with van der Waals surface area (Å²) in [6, 6.07) is 7.65. The zero-order valence-electron chi connectivity index (χ0n) is 12.0. The van der Waals surface area contributed by atoms with Gasteiger partial charge in [-0.25, -0.2) is 9.89 Å². The van der Waals surface area contributed by atoms with Crippen LogP contribution in [0.15, 0.2) is 29.1 Å². The minimum atomic E-state index is -0.385. The van der Waals surface area contributed by atoms with Crippen molar-refractivity contribution < 1.29 is 9.53 Å². The molecule has 0 aliphatic heterocycles. The molecule has 0 saturated heterocycles. The molecule has 0 bridgehead atoms. The van der Waals surface area contributed by atoms with Crippen LogP contribution in [0.25, 0.3) is 0 Å². The third-order valence-corrected chi connectivity index (χ3v) is 3.16. The second-order valence-corrected chi connectivity index (χ2v) is 4.78. The van der Waals surface area contributed by atoms with Crippen molar-refractivity contribution in [2.45, 2.75) is 25.8 Å². The van der Waals surface area contributed by atoms with E-state index in [1.165, 1.54) is 0 Å². The Morgan fingerprint density at radius 3 is 2.95 bits per heavy atom. The Bertz CT molecular complexity index is 662. The average Bonchev–Trinajstić information content (AvgIpc) is 2.91. The highest BCUT2D eigenvalue weighted by atomic mass is 16.5. The predicted octanol–water partition coefficient (Wildman–Crippen LogP) is 0.917. The van der Waals surface area contributed by atoms with E-state index in [0.717, 1.165) is 11.3 Å². The first kappa shape index (κ1) is 14.8. The van der Waals surface area contributed by atoms with Crippen LogP contribution in [0.3, 0.4) is 0 Å². The van der Waals surface area contributed by atoms with E-state index in [4.69, 9.17) is 4.74 Å². The van der Waals surface area contributed by atoms with Gasteiger partial charge >= 0.3 is 5.69 Å². The molecule has 7 nitrogen and oxygen atoms in total. The maximum absolute atomic E-state index is 11.9. The summed E-state index contributed by atoms with van der Waals surface area (Å²) in [7, 11) is 1.61. The summed E-state index contributed by atoms with van der Waals surface area (Å²) < 4.78 is 5.17. The number of carbonyl (C=O) groups is 1. The molecule has 0 radical (unpaired) electrons. The molecule has 0 aliphatic carbocycles. The number of hydrogen-bond donors (Lipinski definition) is 3. The van der Waals surface area contributed by atoms with E-state index >= 15 is 0 Å². The number of methoxy groups -OCH3 is 1. The van der Waals surface area contributed by atoms with E-state index in [0.29, 0.717) is 12.2 Å². The molecule has 21 heavy (non-hydrogen) atoms. The molecule has 0 aliphatic rings. The number of rotatable bonds is 6. The molecule has 1 aromatic carbocycles. The number of ether oxygens (including phenoxy) is 1. The Labute approximate surface area is 121 Å². The first-order valence-electron chi connectivity index (χ1n) is 6.62. The first-order chi connectivity index (χ1) is 10.1. The van der Waals surface area contributed by atoms with Gasteiger partial charge < -0.3 is 10.1 Å². The van der Waals surface area contributed by atoms with E-state index in [-0.39, 0.29) is 24.1 Å². The van der Waals surface area contributed by atoms with Crippen molar-refractivity contribution in [2.75, 3.05) is 7.11 Å². The number of nitrogens with one attached hydrogen (secondary N) is 3. The minimum absolute atomic E-state index is 0.0679. The zero-order chi connectivity index (χ0) is 15.2. The summed E-state index contributed by atoms with van der Waals surface area (Å²) in [6.45, 7) is 2.17. The number of H-pyrrole nitrogens is 2. The van der Waals surface area contributed by atoms with Crippen molar-refractivity contribution >= 4 is 5.91 Å². The maximum atomic E-state index is 11.9. The summed E-state index contributed by atoms with van der Waals surface area (Å²) in [6.07, 6.45) is 0.349. The Hall–Kier alpha value is -2.57. The summed E-state index contributed by atoms with van der Waals surface area (Å²) in [5, 5.41) is 8.69. The lowest BCUT2D eigenvalue weighted by atomic mass is 9.97. The van der Waals surface area contributed by atoms with Crippen LogP contribution in [-0.4, -0.2) is 28.2 Å². The molecule has 1 aromatic heterocycles. The molecular weight excluding hydrogens is 272 g/mol. The number of aromatic amines is 2. The minimum Gasteiger partial charge on any atom is -0.497 e. The highest BCUT2D eigenvalue weighted by Gasteiger charge is 2.12. The molecule has 1 heterocycles. The van der Waals surface area contributed by atoms with Crippen molar-refractivity contribution in [1.82, 2.24) is 20.5 Å². The molecule has 0 fully saturated rings. The lowest BCUT2D eigenvalue weighted by Gasteiger charge is -2.12. The van der Waals surface area contributed by atoms with Crippen LogP contribution in [0.4, 0.5) is 0 Å². The fourth-order valence-corrected chi connectivity index (χ4v) is 1.99. The van der Waals surface area contributed by atoms with Crippen molar-refractivity contribution in [3.63, 3.8) is 0 Å². The number of amides is 1. The van der Waals surface area contributed by atoms with Gasteiger partial charge in [-0.3, -0.25) is 9.78 Å². The van der Waals surface area contributed by atoms with Crippen molar-refractivity contribution in [1.29, 1.82) is 0 Å². The van der Waals surface area contributed by atoms with Gasteiger partial charge in [0.2, 0.25) is 5.91 Å². The van der Waals surface area contributed by atoms with Crippen LogP contribution < -0.4 is 15.7 Å². The molecule has 0 saturated carbocycles. The highest BCUT2D eigenvalue weighted by molar-refractivity contribution is 5.76. The average molecular weight is 290 g/mol. The monoisotopic (exact) mass is 290 g/mol. The van der Waals surface area contributed by atoms with E-state index in [1.54, 1.807) is 7.11 Å². The number of carbonyl (C=O) groups excluding carboxylic acids is 1. The largest absolute Gasteiger partial charge is 0.497 e. The second-order valence-electron chi connectivity index (χ2n) is 4.78. The van der Waals surface area contributed by atoms with Gasteiger partial charge in [-0.05, 0) is 23.6 Å². The molecule has 3 N–H and O–H groups in total. The lowest BCUT2D eigenvalue weighted by Crippen LogP contribution is -2.24. The van der Waals surface area contributed by atoms with E-state index in [1.807, 2.05) is 31.2 Å². The first-order valence-corrected chi connectivity index (χ1v) is 6.62. The second kappa shape index (κ2) is 6.74. The van der Waals surface area contributed by atoms with Gasteiger partial charge in [-0.15, -0.1) is 0 Å². The van der Waals surface area contributed by atoms with Crippen molar-refractivity contribution in [3.05, 3.63) is 46.1 Å². The van der Waals surface area contributed by atoms with E-state index in [2.05, 4.69) is 20.5 Å². The number of aromatic nitrogens is 3. The van der Waals surface area contributed by atoms with E-state index in [9.17, 15) is 9.59 Å². The van der Waals surface area contributed by atoms with Crippen molar-refractivity contribution in [3.8, 4) is 5.75 Å². The standard InChI is InChI=1S/C14H18N4O3/c1-9(10-4-3-5-11(7-10)21-2)6-13(19)15-8-12-16-14(20)18-17-12/h3-5,7,9H,6,8H2,1-2H3,(H,15,19)(H2,16,17,18,20)/t9-/m0/s1. The molecule has 2 aromatic rings. The third kappa shape index (κ3) is 4.20. The number of nitrogens with zero attached hydrogens (tertiary/aromatic N) is 1. The predicted molar refractivity (Wildman–Crippen MR) is 77.1 cm³/mol. The summed E-state index contributed by atoms with van der Waals surface area (Å²) in [5.41, 5.74) is 0.654. The number of benzene rings is 1. The van der Waals surface area contributed by atoms with Gasteiger partial charge in [0, 0.05) is 6.42 Å². The van der Waals surface area contributed by atoms with Crippen LogP contribution in [0, 0.1) is 0 Å². The van der Waals surface area contributed by atoms with E-state index < -0.39 is 0 Å². The van der Waals surface area contributed by atoms with Gasteiger partial charge in [-0.1, -0.05) is 19.1 Å². The fraction of sp³-hybridized carbons (Fsp3) is 0.357. The molecule has 2 rings (SSSR count). The quantitative estimate of drug-likeness (QED) is 0.736. The van der Waals surface area contributed by atoms with Gasteiger partial charge in [0.15, 0.2) is 0 Å².